The number of anilines is 1. The van der Waals surface area contributed by atoms with Gasteiger partial charge in [-0.3, -0.25) is 4.79 Å². The number of hydrogen-bond donors (Lipinski definition) is 0. The Morgan fingerprint density at radius 3 is 2.41 bits per heavy atom. The number of nitrogens with zero attached hydrogens (tertiary/aromatic N) is 4. The first-order valence-corrected chi connectivity index (χ1v) is 13.9. The fourth-order valence-electron chi connectivity index (χ4n) is 5.30. The van der Waals surface area contributed by atoms with Gasteiger partial charge in [-0.05, 0) is 36.8 Å². The van der Waals surface area contributed by atoms with E-state index in [1.54, 1.807) is 15.6 Å². The Labute approximate surface area is 214 Å². The molecule has 2 fully saturated rings. The van der Waals surface area contributed by atoms with Crippen LogP contribution in [0.4, 0.5) is 10.1 Å². The molecule has 0 spiro atoms. The van der Waals surface area contributed by atoms with Crippen molar-refractivity contribution in [1.29, 1.82) is 0 Å². The number of ether oxygens (including phenoxy) is 2. The zero-order chi connectivity index (χ0) is 25.7. The van der Waals surface area contributed by atoms with Gasteiger partial charge in [0.25, 0.3) is 5.91 Å². The van der Waals surface area contributed by atoms with Crippen molar-refractivity contribution in [3.63, 3.8) is 0 Å². The van der Waals surface area contributed by atoms with Crippen LogP contribution in [-0.2, 0) is 25.1 Å². The topological polar surface area (TPSA) is 94.0 Å². The van der Waals surface area contributed by atoms with Gasteiger partial charge in [-0.1, -0.05) is 12.1 Å². The number of benzene rings is 2. The van der Waals surface area contributed by atoms with E-state index in [1.165, 1.54) is 6.07 Å². The maximum absolute atomic E-state index is 14.9. The Hall–Kier alpha value is -3.28. The number of amides is 1. The molecule has 0 N–H and O–H groups in total. The highest BCUT2D eigenvalue weighted by Gasteiger charge is 2.39. The van der Waals surface area contributed by atoms with Crippen molar-refractivity contribution in [2.75, 3.05) is 57.5 Å². The average molecular weight is 527 g/mol. The number of hydrogen-bond acceptors (Lipinski definition) is 7. The molecule has 6 rings (SSSR count). The van der Waals surface area contributed by atoms with Crippen LogP contribution >= 0.6 is 0 Å². The molecule has 4 heterocycles. The lowest BCUT2D eigenvalue weighted by Gasteiger charge is -2.29. The van der Waals surface area contributed by atoms with Gasteiger partial charge in [0.15, 0.2) is 15.5 Å². The van der Waals surface area contributed by atoms with Crippen LogP contribution in [0.5, 0.6) is 0 Å². The second-order valence-corrected chi connectivity index (χ2v) is 11.4. The van der Waals surface area contributed by atoms with Crippen molar-refractivity contribution in [1.82, 2.24) is 14.7 Å². The number of carbonyl (C=O) groups excluding carboxylic acids is 1. The van der Waals surface area contributed by atoms with E-state index >= 15 is 0 Å². The average Bonchev–Trinajstić information content (AvgIpc) is 3.27. The molecule has 11 heteroatoms. The van der Waals surface area contributed by atoms with Crippen LogP contribution in [-0.4, -0.2) is 81.6 Å². The van der Waals surface area contributed by atoms with E-state index < -0.39 is 21.4 Å². The molecule has 0 aliphatic carbocycles. The highest BCUT2D eigenvalue weighted by Crippen LogP contribution is 2.42. The maximum Gasteiger partial charge on any atom is 0.274 e. The summed E-state index contributed by atoms with van der Waals surface area (Å²) in [5.41, 5.74) is 3.66. The predicted octanol–water partition coefficient (Wildman–Crippen LogP) is 2.58. The monoisotopic (exact) mass is 526 g/mol. The molecule has 0 bridgehead atoms. The van der Waals surface area contributed by atoms with Gasteiger partial charge in [0.2, 0.25) is 0 Å². The number of sulfone groups is 1. The van der Waals surface area contributed by atoms with E-state index in [1.807, 2.05) is 25.1 Å². The second-order valence-electron chi connectivity index (χ2n) is 9.44. The molecule has 0 unspecified atom stereocenters. The minimum atomic E-state index is -4.02. The lowest BCUT2D eigenvalue weighted by atomic mass is 10.0. The molecule has 194 valence electrons. The summed E-state index contributed by atoms with van der Waals surface area (Å²) in [5, 5.41) is 4.70. The number of halogens is 1. The van der Waals surface area contributed by atoms with Gasteiger partial charge in [-0.15, -0.1) is 0 Å². The van der Waals surface area contributed by atoms with E-state index in [9.17, 15) is 17.6 Å². The Balaban J connectivity index is 1.53. The molecule has 3 aliphatic rings. The molecule has 2 aromatic carbocycles. The summed E-state index contributed by atoms with van der Waals surface area (Å²) in [6.45, 7) is 6.46. The van der Waals surface area contributed by atoms with E-state index in [-0.39, 0.29) is 22.1 Å². The number of carbonyl (C=O) groups is 1. The zero-order valence-corrected chi connectivity index (χ0v) is 21.3. The minimum Gasteiger partial charge on any atom is -0.378 e. The molecule has 1 amide bonds. The lowest BCUT2D eigenvalue weighted by Crippen LogP contribution is -2.41. The largest absolute Gasteiger partial charge is 0.378 e. The van der Waals surface area contributed by atoms with Crippen LogP contribution in [0.3, 0.4) is 0 Å². The van der Waals surface area contributed by atoms with E-state index in [0.29, 0.717) is 56.5 Å². The van der Waals surface area contributed by atoms with Crippen molar-refractivity contribution >= 4 is 21.4 Å². The molecule has 0 saturated carbocycles. The first-order valence-electron chi connectivity index (χ1n) is 12.3. The third-order valence-electron chi connectivity index (χ3n) is 7.14. The third-order valence-corrected chi connectivity index (χ3v) is 8.84. The quantitative estimate of drug-likeness (QED) is 0.518. The van der Waals surface area contributed by atoms with Gasteiger partial charge in [-0.2, -0.15) is 5.10 Å². The first-order chi connectivity index (χ1) is 17.8. The minimum absolute atomic E-state index is 0.0760. The molecule has 0 atom stereocenters. The number of morpholine rings is 2. The molecular formula is C26H27FN4O5S. The predicted molar refractivity (Wildman–Crippen MR) is 134 cm³/mol. The summed E-state index contributed by atoms with van der Waals surface area (Å²) in [7, 11) is -4.02. The molecule has 37 heavy (non-hydrogen) atoms. The van der Waals surface area contributed by atoms with E-state index in [4.69, 9.17) is 14.6 Å². The molecular weight excluding hydrogens is 499 g/mol. The maximum atomic E-state index is 14.9. The Morgan fingerprint density at radius 1 is 1.00 bits per heavy atom. The molecule has 0 radical (unpaired) electrons. The van der Waals surface area contributed by atoms with Crippen LogP contribution in [0, 0.1) is 12.7 Å². The van der Waals surface area contributed by atoms with Crippen LogP contribution < -0.4 is 4.90 Å². The van der Waals surface area contributed by atoms with Crippen LogP contribution in [0.15, 0.2) is 41.3 Å². The highest BCUT2D eigenvalue weighted by atomic mass is 32.2. The summed E-state index contributed by atoms with van der Waals surface area (Å²) in [4.78, 5) is 17.1. The first kappa shape index (κ1) is 24.1. The fraction of sp³-hybridized carbons (Fsp3) is 0.385. The van der Waals surface area contributed by atoms with Crippen molar-refractivity contribution in [2.45, 2.75) is 17.6 Å². The molecule has 3 aliphatic heterocycles. The van der Waals surface area contributed by atoms with Crippen LogP contribution in [0.1, 0.15) is 21.6 Å². The van der Waals surface area contributed by atoms with Gasteiger partial charge >= 0.3 is 0 Å². The smallest absolute Gasteiger partial charge is 0.274 e. The number of aryl methyl sites for hydroxylation is 1. The summed E-state index contributed by atoms with van der Waals surface area (Å²) in [6, 6.07) is 10.1. The number of aromatic nitrogens is 2. The Bertz CT molecular complexity index is 1490. The molecule has 1 aromatic heterocycles. The van der Waals surface area contributed by atoms with Gasteiger partial charge in [0.1, 0.15) is 10.7 Å². The van der Waals surface area contributed by atoms with Crippen molar-refractivity contribution in [2.24, 2.45) is 0 Å². The number of rotatable bonds is 3. The van der Waals surface area contributed by atoms with Gasteiger partial charge in [-0.25, -0.2) is 17.5 Å². The van der Waals surface area contributed by atoms with E-state index in [0.717, 1.165) is 30.4 Å². The Morgan fingerprint density at radius 2 is 1.70 bits per heavy atom. The van der Waals surface area contributed by atoms with E-state index in [2.05, 4.69) is 4.90 Å². The van der Waals surface area contributed by atoms with Crippen molar-refractivity contribution in [3.05, 3.63) is 59.0 Å². The lowest BCUT2D eigenvalue weighted by molar-refractivity contribution is 0.0298. The molecule has 2 saturated heterocycles. The zero-order valence-electron chi connectivity index (χ0n) is 20.4. The van der Waals surface area contributed by atoms with Crippen molar-refractivity contribution in [3.8, 4) is 16.9 Å². The molecule has 9 nitrogen and oxygen atoms in total. The fourth-order valence-corrected chi connectivity index (χ4v) is 6.96. The summed E-state index contributed by atoms with van der Waals surface area (Å²) < 4.78 is 53.7. The Kier molecular flexibility index (Phi) is 6.01. The number of fused-ring (bicyclic) bond motifs is 3. The van der Waals surface area contributed by atoms with Gasteiger partial charge in [0.05, 0.1) is 43.6 Å². The van der Waals surface area contributed by atoms with Crippen LogP contribution in [0.25, 0.3) is 16.9 Å². The summed E-state index contributed by atoms with van der Waals surface area (Å²) in [5.74, 6) is -1.65. The summed E-state index contributed by atoms with van der Waals surface area (Å²) >= 11 is 0. The van der Waals surface area contributed by atoms with Gasteiger partial charge in [0, 0.05) is 43.0 Å². The molecule has 3 aromatic rings. The third kappa shape index (κ3) is 4.11. The SMILES string of the molecule is Cc1cc(N2CCOCC2)ccc1-n1nc(C(=O)N2CCOCC2)c2c1-c1cccc(F)c1S(=O)(=O)C2. The normalized spacial score (nSPS) is 18.9. The highest BCUT2D eigenvalue weighted by molar-refractivity contribution is 7.91. The second kappa shape index (κ2) is 9.23. The van der Waals surface area contributed by atoms with Crippen LogP contribution in [0.2, 0.25) is 0 Å². The van der Waals surface area contributed by atoms with Gasteiger partial charge < -0.3 is 19.3 Å². The van der Waals surface area contributed by atoms with Crippen molar-refractivity contribution < 1.29 is 27.1 Å². The summed E-state index contributed by atoms with van der Waals surface area (Å²) in [6.07, 6.45) is 0. The standard InChI is InChI=1S/C26H27FN4O5S/c1-17-15-18(29-7-11-35-12-8-29)5-6-22(17)31-24-19-3-2-4-21(27)25(19)37(33,34)16-20(24)23(28-31)26(32)30-9-13-36-14-10-30/h2-6,15H,7-14,16H2,1H3.